The van der Waals surface area contributed by atoms with E-state index in [0.717, 1.165) is 5.69 Å². The van der Waals surface area contributed by atoms with E-state index in [1.807, 2.05) is 6.92 Å². The second kappa shape index (κ2) is 7.92. The summed E-state index contributed by atoms with van der Waals surface area (Å²) in [4.78, 5) is 31.6. The molecular formula is C17H17ClN4O3S. The van der Waals surface area contributed by atoms with Gasteiger partial charge < -0.3 is 9.72 Å². The Balaban J connectivity index is 2.00. The molecule has 136 valence electrons. The second-order valence-electron chi connectivity index (χ2n) is 5.41. The Hall–Kier alpha value is -2.32. The Morgan fingerprint density at radius 3 is 2.73 bits per heavy atom. The van der Waals surface area contributed by atoms with Crippen LogP contribution in [0.25, 0.3) is 16.7 Å². The van der Waals surface area contributed by atoms with Gasteiger partial charge in [-0.15, -0.1) is 0 Å². The van der Waals surface area contributed by atoms with Gasteiger partial charge in [0.25, 0.3) is 5.56 Å². The molecule has 0 bridgehead atoms. The van der Waals surface area contributed by atoms with Crippen molar-refractivity contribution in [2.75, 3.05) is 6.61 Å². The number of hydrogen-bond donors (Lipinski definition) is 1. The first-order chi connectivity index (χ1) is 12.5. The number of fused-ring (bicyclic) bond motifs is 1. The van der Waals surface area contributed by atoms with Crippen LogP contribution >= 0.6 is 23.4 Å². The fraction of sp³-hybridized carbons (Fsp3) is 0.294. The number of ether oxygens (including phenoxy) is 1. The first-order valence-corrected chi connectivity index (χ1v) is 9.36. The molecule has 0 saturated heterocycles. The molecule has 3 aromatic rings. The summed E-state index contributed by atoms with van der Waals surface area (Å²) >= 11 is 7.09. The minimum absolute atomic E-state index is 0.308. The van der Waals surface area contributed by atoms with Gasteiger partial charge in [-0.05, 0) is 37.6 Å². The van der Waals surface area contributed by atoms with Crippen LogP contribution in [0.15, 0.2) is 40.4 Å². The van der Waals surface area contributed by atoms with Crippen LogP contribution in [0.2, 0.25) is 5.02 Å². The number of esters is 1. The van der Waals surface area contributed by atoms with Gasteiger partial charge in [0.1, 0.15) is 10.6 Å². The molecule has 26 heavy (non-hydrogen) atoms. The van der Waals surface area contributed by atoms with Gasteiger partial charge in [-0.3, -0.25) is 9.59 Å². The summed E-state index contributed by atoms with van der Waals surface area (Å²) in [5, 5.41) is 5.13. The van der Waals surface area contributed by atoms with Crippen molar-refractivity contribution in [2.24, 2.45) is 0 Å². The smallest absolute Gasteiger partial charge is 0.319 e. The summed E-state index contributed by atoms with van der Waals surface area (Å²) in [6, 6.07) is 7.05. The van der Waals surface area contributed by atoms with E-state index in [-0.39, 0.29) is 11.5 Å². The van der Waals surface area contributed by atoms with Crippen molar-refractivity contribution < 1.29 is 9.53 Å². The Morgan fingerprint density at radius 1 is 1.35 bits per heavy atom. The molecule has 0 spiro atoms. The fourth-order valence-corrected chi connectivity index (χ4v) is 3.41. The van der Waals surface area contributed by atoms with Gasteiger partial charge in [-0.2, -0.15) is 5.10 Å². The largest absolute Gasteiger partial charge is 0.465 e. The van der Waals surface area contributed by atoms with Crippen molar-refractivity contribution in [1.29, 1.82) is 0 Å². The van der Waals surface area contributed by atoms with E-state index in [0.29, 0.717) is 34.2 Å². The maximum absolute atomic E-state index is 12.4. The van der Waals surface area contributed by atoms with E-state index in [1.165, 1.54) is 18.0 Å². The highest BCUT2D eigenvalue weighted by Gasteiger charge is 2.21. The third-order valence-electron chi connectivity index (χ3n) is 3.66. The predicted molar refractivity (Wildman–Crippen MR) is 101 cm³/mol. The Kier molecular flexibility index (Phi) is 5.63. The SMILES string of the molecule is CCOC(=O)[C@@H](CC)Sc1nc2c(cnn2-c2ccc(Cl)cc2)c(=O)[nH]1. The molecular weight excluding hydrogens is 376 g/mol. The lowest BCUT2D eigenvalue weighted by molar-refractivity contribution is -0.142. The maximum Gasteiger partial charge on any atom is 0.319 e. The van der Waals surface area contributed by atoms with Crippen LogP contribution in [0.3, 0.4) is 0 Å². The zero-order valence-electron chi connectivity index (χ0n) is 14.2. The molecule has 7 nitrogen and oxygen atoms in total. The van der Waals surface area contributed by atoms with E-state index >= 15 is 0 Å². The summed E-state index contributed by atoms with van der Waals surface area (Å²) < 4.78 is 6.63. The summed E-state index contributed by atoms with van der Waals surface area (Å²) in [5.41, 5.74) is 0.838. The predicted octanol–water partition coefficient (Wildman–Crippen LogP) is 3.20. The topological polar surface area (TPSA) is 89.9 Å². The molecule has 0 radical (unpaired) electrons. The number of nitrogens with one attached hydrogen (secondary N) is 1. The molecule has 1 atom stereocenters. The second-order valence-corrected chi connectivity index (χ2v) is 7.04. The third-order valence-corrected chi connectivity index (χ3v) is 5.14. The number of halogens is 1. The Bertz CT molecular complexity index is 984. The van der Waals surface area contributed by atoms with Crippen LogP contribution in [-0.4, -0.2) is 37.6 Å². The third kappa shape index (κ3) is 3.76. The van der Waals surface area contributed by atoms with Crippen molar-refractivity contribution in [2.45, 2.75) is 30.7 Å². The maximum atomic E-state index is 12.4. The van der Waals surface area contributed by atoms with Gasteiger partial charge in [0.05, 0.1) is 18.5 Å². The van der Waals surface area contributed by atoms with Crippen LogP contribution in [-0.2, 0) is 9.53 Å². The van der Waals surface area contributed by atoms with E-state index in [1.54, 1.807) is 35.9 Å². The van der Waals surface area contributed by atoms with Crippen molar-refractivity contribution in [1.82, 2.24) is 19.7 Å². The van der Waals surface area contributed by atoms with Crippen LogP contribution < -0.4 is 5.56 Å². The van der Waals surface area contributed by atoms with Crippen molar-refractivity contribution in [3.63, 3.8) is 0 Å². The quantitative estimate of drug-likeness (QED) is 0.393. The normalized spacial score (nSPS) is 12.3. The Labute approximate surface area is 158 Å². The summed E-state index contributed by atoms with van der Waals surface area (Å²) in [6.45, 7) is 3.94. The van der Waals surface area contributed by atoms with Crippen LogP contribution in [0, 0.1) is 0 Å². The number of carbonyl (C=O) groups is 1. The van der Waals surface area contributed by atoms with E-state index in [9.17, 15) is 9.59 Å². The van der Waals surface area contributed by atoms with Crippen molar-refractivity contribution in [3.8, 4) is 5.69 Å². The van der Waals surface area contributed by atoms with Gasteiger partial charge in [0.15, 0.2) is 10.8 Å². The minimum atomic E-state index is -0.442. The lowest BCUT2D eigenvalue weighted by atomic mass is 10.3. The lowest BCUT2D eigenvalue weighted by Crippen LogP contribution is -2.20. The number of hydrogen-bond acceptors (Lipinski definition) is 6. The summed E-state index contributed by atoms with van der Waals surface area (Å²) in [6.07, 6.45) is 2.02. The average molecular weight is 393 g/mol. The highest BCUT2D eigenvalue weighted by molar-refractivity contribution is 8.00. The first-order valence-electron chi connectivity index (χ1n) is 8.10. The van der Waals surface area contributed by atoms with Crippen LogP contribution in [0.1, 0.15) is 20.3 Å². The molecule has 0 aliphatic rings. The minimum Gasteiger partial charge on any atom is -0.465 e. The van der Waals surface area contributed by atoms with Gasteiger partial charge in [0.2, 0.25) is 0 Å². The van der Waals surface area contributed by atoms with Gasteiger partial charge in [0, 0.05) is 5.02 Å². The molecule has 9 heteroatoms. The molecule has 0 fully saturated rings. The number of nitrogens with zero attached hydrogens (tertiary/aromatic N) is 3. The first kappa shape index (κ1) is 18.5. The molecule has 2 heterocycles. The number of aromatic amines is 1. The van der Waals surface area contributed by atoms with Gasteiger partial charge >= 0.3 is 5.97 Å². The Morgan fingerprint density at radius 2 is 2.08 bits per heavy atom. The average Bonchev–Trinajstić information content (AvgIpc) is 3.05. The van der Waals surface area contributed by atoms with Gasteiger partial charge in [-0.1, -0.05) is 30.3 Å². The standard InChI is InChI=1S/C17H17ClN4O3S/c1-3-13(16(24)25-4-2)26-17-20-14-12(15(23)21-17)9-19-22(14)11-7-5-10(18)6-8-11/h5-9,13H,3-4H2,1-2H3,(H,20,21,23)/t13-/m1/s1. The molecule has 2 aromatic heterocycles. The zero-order chi connectivity index (χ0) is 18.7. The van der Waals surface area contributed by atoms with Gasteiger partial charge in [-0.25, -0.2) is 9.67 Å². The summed E-state index contributed by atoms with van der Waals surface area (Å²) in [5.74, 6) is -0.325. The van der Waals surface area contributed by atoms with E-state index in [2.05, 4.69) is 15.1 Å². The number of aromatic nitrogens is 4. The van der Waals surface area contributed by atoms with E-state index < -0.39 is 5.25 Å². The highest BCUT2D eigenvalue weighted by Crippen LogP contribution is 2.24. The molecule has 0 aliphatic carbocycles. The molecule has 0 unspecified atom stereocenters. The highest BCUT2D eigenvalue weighted by atomic mass is 35.5. The number of H-pyrrole nitrogens is 1. The number of benzene rings is 1. The molecule has 3 rings (SSSR count). The van der Waals surface area contributed by atoms with Crippen LogP contribution in [0.4, 0.5) is 0 Å². The zero-order valence-corrected chi connectivity index (χ0v) is 15.8. The number of rotatable bonds is 6. The lowest BCUT2D eigenvalue weighted by Gasteiger charge is -2.12. The molecule has 1 aromatic carbocycles. The number of thioether (sulfide) groups is 1. The summed E-state index contributed by atoms with van der Waals surface area (Å²) in [7, 11) is 0. The fourth-order valence-electron chi connectivity index (χ4n) is 2.39. The number of carbonyl (C=O) groups excluding carboxylic acids is 1. The molecule has 0 saturated carbocycles. The van der Waals surface area contributed by atoms with Crippen LogP contribution in [0.5, 0.6) is 0 Å². The van der Waals surface area contributed by atoms with Crippen molar-refractivity contribution >= 4 is 40.4 Å². The molecule has 1 N–H and O–H groups in total. The van der Waals surface area contributed by atoms with Crippen molar-refractivity contribution in [3.05, 3.63) is 45.8 Å². The van der Waals surface area contributed by atoms with E-state index in [4.69, 9.17) is 16.3 Å². The molecule has 0 aliphatic heterocycles. The monoisotopic (exact) mass is 392 g/mol. The molecule has 0 amide bonds.